The van der Waals surface area contributed by atoms with Crippen molar-refractivity contribution in [1.29, 1.82) is 0 Å². The van der Waals surface area contributed by atoms with Crippen molar-refractivity contribution in [2.24, 2.45) is 12.8 Å². The molecule has 142 valence electrons. The Morgan fingerprint density at radius 1 is 1.44 bits per heavy atom. The number of benzene rings is 1. The number of nitrogens with one attached hydrogen (secondary N) is 1. The van der Waals surface area contributed by atoms with Gasteiger partial charge in [0.05, 0.1) is 17.5 Å². The Bertz CT molecular complexity index is 947. The third-order valence-corrected chi connectivity index (χ3v) is 4.56. The summed E-state index contributed by atoms with van der Waals surface area (Å²) in [6.07, 6.45) is 2.12. The van der Waals surface area contributed by atoms with Crippen LogP contribution >= 0.6 is 11.6 Å². The molecule has 0 aliphatic rings. The van der Waals surface area contributed by atoms with Crippen molar-refractivity contribution in [3.63, 3.8) is 0 Å². The van der Waals surface area contributed by atoms with E-state index in [1.807, 2.05) is 6.92 Å². The van der Waals surface area contributed by atoms with Crippen molar-refractivity contribution in [3.05, 3.63) is 64.5 Å². The van der Waals surface area contributed by atoms with E-state index in [0.29, 0.717) is 12.0 Å². The maximum absolute atomic E-state index is 13.3. The Morgan fingerprint density at radius 2 is 2.22 bits per heavy atom. The molecule has 0 bridgehead atoms. The zero-order chi connectivity index (χ0) is 19.6. The third kappa shape index (κ3) is 4.20. The number of hydrogen-bond donors (Lipinski definition) is 2. The van der Waals surface area contributed by atoms with Crippen molar-refractivity contribution >= 4 is 17.5 Å². The zero-order valence-electron chi connectivity index (χ0n) is 15.0. The lowest BCUT2D eigenvalue weighted by Gasteiger charge is -2.16. The molecule has 0 fully saturated rings. The van der Waals surface area contributed by atoms with Crippen LogP contribution < -0.4 is 11.1 Å². The van der Waals surface area contributed by atoms with E-state index in [1.165, 1.54) is 12.1 Å². The van der Waals surface area contributed by atoms with E-state index in [0.717, 1.165) is 16.8 Å². The minimum atomic E-state index is -0.435. The fourth-order valence-electron chi connectivity index (χ4n) is 2.97. The maximum atomic E-state index is 13.3. The highest BCUT2D eigenvalue weighted by atomic mass is 35.5. The van der Waals surface area contributed by atoms with Crippen LogP contribution in [0.15, 0.2) is 40.9 Å². The molecule has 8 heteroatoms. The Kier molecular flexibility index (Phi) is 5.62. The van der Waals surface area contributed by atoms with Gasteiger partial charge in [-0.25, -0.2) is 4.39 Å². The average molecular weight is 391 g/mol. The van der Waals surface area contributed by atoms with Gasteiger partial charge in [-0.05, 0) is 48.2 Å². The highest BCUT2D eigenvalue weighted by Crippen LogP contribution is 2.32. The molecule has 2 aromatic heterocycles. The number of nitrogens with zero attached hydrogens (tertiary/aromatic N) is 2. The number of halogens is 2. The first-order chi connectivity index (χ1) is 12.9. The molecule has 0 radical (unpaired) electrons. The number of hydrogen-bond acceptors (Lipinski definition) is 4. The second-order valence-electron chi connectivity index (χ2n) is 6.34. The molecule has 0 spiro atoms. The molecule has 0 saturated heterocycles. The van der Waals surface area contributed by atoms with E-state index < -0.39 is 5.91 Å². The summed E-state index contributed by atoms with van der Waals surface area (Å²) < 4.78 is 20.4. The molecule has 1 aromatic carbocycles. The summed E-state index contributed by atoms with van der Waals surface area (Å²) in [6.45, 7) is 2.10. The van der Waals surface area contributed by atoms with Crippen molar-refractivity contribution in [1.82, 2.24) is 15.1 Å². The second kappa shape index (κ2) is 7.94. The molecule has 2 heterocycles. The Labute approximate surface area is 161 Å². The first-order valence-electron chi connectivity index (χ1n) is 8.42. The van der Waals surface area contributed by atoms with E-state index >= 15 is 0 Å². The fraction of sp³-hybridized carbons (Fsp3) is 0.263. The van der Waals surface area contributed by atoms with Gasteiger partial charge in [0.15, 0.2) is 5.76 Å². The van der Waals surface area contributed by atoms with Gasteiger partial charge >= 0.3 is 0 Å². The number of aryl methyl sites for hydroxylation is 2. The van der Waals surface area contributed by atoms with Crippen molar-refractivity contribution in [2.75, 3.05) is 6.54 Å². The molecule has 6 nitrogen and oxygen atoms in total. The Hall–Kier alpha value is -2.64. The number of furan rings is 1. The molecule has 3 N–H and O–H groups in total. The van der Waals surface area contributed by atoms with Gasteiger partial charge in [-0.2, -0.15) is 5.10 Å². The summed E-state index contributed by atoms with van der Waals surface area (Å²) in [7, 11) is 1.79. The topological polar surface area (TPSA) is 86.1 Å². The van der Waals surface area contributed by atoms with Crippen LogP contribution in [0.25, 0.3) is 11.3 Å². The third-order valence-electron chi connectivity index (χ3n) is 4.28. The smallest absolute Gasteiger partial charge is 0.287 e. The summed E-state index contributed by atoms with van der Waals surface area (Å²) in [5, 5.41) is 7.09. The van der Waals surface area contributed by atoms with Gasteiger partial charge in [-0.3, -0.25) is 9.48 Å². The molecule has 3 aromatic rings. The van der Waals surface area contributed by atoms with Gasteiger partial charge in [-0.15, -0.1) is 0 Å². The van der Waals surface area contributed by atoms with Crippen LogP contribution in [-0.4, -0.2) is 28.3 Å². The first kappa shape index (κ1) is 19.1. The summed E-state index contributed by atoms with van der Waals surface area (Å²) in [4.78, 5) is 12.6. The highest BCUT2D eigenvalue weighted by molar-refractivity contribution is 6.31. The average Bonchev–Trinajstić information content (AvgIpc) is 3.16. The number of rotatable bonds is 6. The summed E-state index contributed by atoms with van der Waals surface area (Å²) >= 11 is 6.19. The SMILES string of the molecule is Cc1cnn(C)c1-c1cc(C(=O)NC(CN)Cc2cccc(F)c2)oc1Cl. The molecule has 3 rings (SSSR count). The number of amides is 1. The molecule has 27 heavy (non-hydrogen) atoms. The first-order valence-corrected chi connectivity index (χ1v) is 8.80. The second-order valence-corrected chi connectivity index (χ2v) is 6.68. The number of carbonyl (C=O) groups is 1. The maximum Gasteiger partial charge on any atom is 0.287 e. The van der Waals surface area contributed by atoms with E-state index in [1.54, 1.807) is 36.1 Å². The Morgan fingerprint density at radius 3 is 2.85 bits per heavy atom. The molecular weight excluding hydrogens is 371 g/mol. The van der Waals surface area contributed by atoms with Crippen molar-refractivity contribution in [2.45, 2.75) is 19.4 Å². The summed E-state index contributed by atoms with van der Waals surface area (Å²) in [5.74, 6) is -0.688. The van der Waals surface area contributed by atoms with E-state index in [9.17, 15) is 9.18 Å². The van der Waals surface area contributed by atoms with Crippen LogP contribution in [0, 0.1) is 12.7 Å². The van der Waals surface area contributed by atoms with E-state index in [4.69, 9.17) is 21.8 Å². The predicted octanol–water partition coefficient (Wildman–Crippen LogP) is 3.08. The van der Waals surface area contributed by atoms with E-state index in [-0.39, 0.29) is 29.4 Å². The largest absolute Gasteiger partial charge is 0.439 e. The van der Waals surface area contributed by atoms with Crippen molar-refractivity contribution in [3.8, 4) is 11.3 Å². The van der Waals surface area contributed by atoms with Gasteiger partial charge in [0.1, 0.15) is 5.82 Å². The molecule has 0 saturated carbocycles. The minimum Gasteiger partial charge on any atom is -0.439 e. The lowest BCUT2D eigenvalue weighted by Crippen LogP contribution is -2.41. The monoisotopic (exact) mass is 390 g/mol. The summed E-state index contributed by atoms with van der Waals surface area (Å²) in [5.41, 5.74) is 8.79. The predicted molar refractivity (Wildman–Crippen MR) is 101 cm³/mol. The van der Waals surface area contributed by atoms with Crippen LogP contribution in [0.1, 0.15) is 21.7 Å². The lowest BCUT2D eigenvalue weighted by atomic mass is 10.1. The zero-order valence-corrected chi connectivity index (χ0v) is 15.8. The molecule has 1 amide bonds. The normalized spacial score (nSPS) is 12.2. The van der Waals surface area contributed by atoms with Crippen LogP contribution in [0.5, 0.6) is 0 Å². The lowest BCUT2D eigenvalue weighted by molar-refractivity contribution is 0.0910. The van der Waals surface area contributed by atoms with Crippen LogP contribution in [-0.2, 0) is 13.5 Å². The summed E-state index contributed by atoms with van der Waals surface area (Å²) in [6, 6.07) is 7.40. The standard InChI is InChI=1S/C19H20ClFN4O2/c1-11-10-23-25(2)17(11)15-8-16(27-18(15)20)19(26)24-14(9-22)7-12-4-3-5-13(21)6-12/h3-6,8,10,14H,7,9,22H2,1-2H3,(H,24,26). The van der Waals surface area contributed by atoms with Crippen LogP contribution in [0.2, 0.25) is 5.22 Å². The molecular formula is C19H20ClFN4O2. The van der Waals surface area contributed by atoms with Crippen LogP contribution in [0.3, 0.4) is 0 Å². The van der Waals surface area contributed by atoms with Gasteiger partial charge < -0.3 is 15.5 Å². The molecule has 0 aliphatic heterocycles. The molecule has 1 atom stereocenters. The molecule has 1 unspecified atom stereocenters. The highest BCUT2D eigenvalue weighted by Gasteiger charge is 2.22. The quantitative estimate of drug-likeness (QED) is 0.677. The minimum absolute atomic E-state index is 0.0771. The number of nitrogens with two attached hydrogens (primary N) is 1. The molecule has 0 aliphatic carbocycles. The van der Waals surface area contributed by atoms with E-state index in [2.05, 4.69) is 10.4 Å². The van der Waals surface area contributed by atoms with Gasteiger partial charge in [0, 0.05) is 25.7 Å². The van der Waals surface area contributed by atoms with Gasteiger partial charge in [0.25, 0.3) is 5.91 Å². The fourth-order valence-corrected chi connectivity index (χ4v) is 3.20. The number of aromatic nitrogens is 2. The number of carbonyl (C=O) groups excluding carboxylic acids is 1. The Balaban J connectivity index is 1.76. The van der Waals surface area contributed by atoms with Crippen molar-refractivity contribution < 1.29 is 13.6 Å². The van der Waals surface area contributed by atoms with Crippen LogP contribution in [0.4, 0.5) is 4.39 Å². The van der Waals surface area contributed by atoms with Gasteiger partial charge in [0.2, 0.25) is 5.22 Å². The van der Waals surface area contributed by atoms with Gasteiger partial charge in [-0.1, -0.05) is 12.1 Å².